The van der Waals surface area contributed by atoms with Gasteiger partial charge in [-0.15, -0.1) is 0 Å². The molecule has 1 saturated heterocycles. The number of aliphatic imine (C=N–C) groups is 1. The topological polar surface area (TPSA) is 66.1 Å². The lowest BCUT2D eigenvalue weighted by Gasteiger charge is -2.36. The molecule has 2 aromatic rings. The van der Waals surface area contributed by atoms with E-state index >= 15 is 0 Å². The maximum Gasteiger partial charge on any atom is 0.387 e. The molecule has 0 unspecified atom stereocenters. The number of nitrogens with zero attached hydrogens (tertiary/aromatic N) is 4. The summed E-state index contributed by atoms with van der Waals surface area (Å²) in [5, 5.41) is 7.27. The van der Waals surface area contributed by atoms with Crippen LogP contribution < -0.4 is 10.1 Å². The highest BCUT2D eigenvalue weighted by Gasteiger charge is 2.20. The van der Waals surface area contributed by atoms with Crippen LogP contribution in [-0.2, 0) is 13.1 Å². The molecule has 1 aliphatic heterocycles. The molecule has 2 heterocycles. The van der Waals surface area contributed by atoms with Crippen molar-refractivity contribution < 1.29 is 18.0 Å². The number of aromatic nitrogens is 1. The summed E-state index contributed by atoms with van der Waals surface area (Å²) in [5.41, 5.74) is 1.75. The number of halogens is 2. The zero-order valence-electron chi connectivity index (χ0n) is 15.9. The Balaban J connectivity index is 1.57. The summed E-state index contributed by atoms with van der Waals surface area (Å²) >= 11 is 0. The molecule has 1 N–H and O–H groups in total. The van der Waals surface area contributed by atoms with Gasteiger partial charge in [0.25, 0.3) is 0 Å². The van der Waals surface area contributed by atoms with Crippen molar-refractivity contribution in [2.45, 2.75) is 26.6 Å². The molecule has 0 spiro atoms. The van der Waals surface area contributed by atoms with Crippen molar-refractivity contribution in [3.8, 4) is 5.75 Å². The first-order valence-corrected chi connectivity index (χ1v) is 9.32. The molecule has 0 radical (unpaired) electrons. The number of hydrogen-bond acceptors (Lipinski definition) is 5. The van der Waals surface area contributed by atoms with E-state index < -0.39 is 6.61 Å². The summed E-state index contributed by atoms with van der Waals surface area (Å²) in [5.74, 6) is 0.970. The highest BCUT2D eigenvalue weighted by atomic mass is 19.3. The second-order valence-electron chi connectivity index (χ2n) is 6.45. The Morgan fingerprint density at radius 2 is 2.11 bits per heavy atom. The zero-order chi connectivity index (χ0) is 19.8. The molecule has 1 aromatic heterocycles. The Kier molecular flexibility index (Phi) is 7.18. The summed E-state index contributed by atoms with van der Waals surface area (Å²) in [6.07, 6.45) is 1.59. The lowest BCUT2D eigenvalue weighted by Crippen LogP contribution is -2.52. The fraction of sp³-hybridized carbons (Fsp3) is 0.474. The van der Waals surface area contributed by atoms with Gasteiger partial charge >= 0.3 is 6.61 Å². The van der Waals surface area contributed by atoms with Gasteiger partial charge in [0.05, 0.1) is 12.2 Å². The molecule has 1 aromatic carbocycles. The molecule has 0 bridgehead atoms. The molecule has 28 heavy (non-hydrogen) atoms. The second kappa shape index (κ2) is 10.0. The molecule has 0 saturated carbocycles. The van der Waals surface area contributed by atoms with Gasteiger partial charge in [0.1, 0.15) is 12.0 Å². The number of alkyl halides is 2. The quantitative estimate of drug-likeness (QED) is 0.576. The number of nitrogens with one attached hydrogen (secondary N) is 1. The maximum absolute atomic E-state index is 12.4. The van der Waals surface area contributed by atoms with E-state index in [0.717, 1.165) is 56.5 Å². The molecule has 0 aliphatic carbocycles. The normalized spacial score (nSPS) is 15.9. The summed E-state index contributed by atoms with van der Waals surface area (Å²) in [6, 6.07) is 8.52. The van der Waals surface area contributed by atoms with E-state index in [1.54, 1.807) is 18.4 Å². The molecule has 7 nitrogen and oxygen atoms in total. The zero-order valence-corrected chi connectivity index (χ0v) is 15.9. The maximum atomic E-state index is 12.4. The van der Waals surface area contributed by atoms with E-state index in [9.17, 15) is 8.78 Å². The van der Waals surface area contributed by atoms with Crippen LogP contribution in [0.25, 0.3) is 0 Å². The summed E-state index contributed by atoms with van der Waals surface area (Å²) in [4.78, 5) is 9.20. The Bertz CT molecular complexity index is 747. The van der Waals surface area contributed by atoms with Crippen LogP contribution in [-0.4, -0.2) is 60.3 Å². The predicted molar refractivity (Wildman–Crippen MR) is 101 cm³/mol. The molecule has 1 aliphatic rings. The molecule has 9 heteroatoms. The number of rotatable bonds is 7. The average molecular weight is 393 g/mol. The number of hydrogen-bond donors (Lipinski definition) is 1. The van der Waals surface area contributed by atoms with Gasteiger partial charge in [0.2, 0.25) is 0 Å². The van der Waals surface area contributed by atoms with Crippen LogP contribution in [0.15, 0.2) is 46.1 Å². The first-order valence-electron chi connectivity index (χ1n) is 9.32. The smallest absolute Gasteiger partial charge is 0.387 e. The van der Waals surface area contributed by atoms with Crippen molar-refractivity contribution in [2.24, 2.45) is 4.99 Å². The van der Waals surface area contributed by atoms with Gasteiger partial charge in [-0.3, -0.25) is 4.90 Å². The molecule has 3 rings (SSSR count). The van der Waals surface area contributed by atoms with Gasteiger partial charge in [-0.25, -0.2) is 4.99 Å². The molecule has 152 valence electrons. The van der Waals surface area contributed by atoms with Crippen LogP contribution in [0.1, 0.15) is 18.2 Å². The minimum Gasteiger partial charge on any atom is -0.435 e. The van der Waals surface area contributed by atoms with E-state index in [0.29, 0.717) is 6.54 Å². The second-order valence-corrected chi connectivity index (χ2v) is 6.45. The lowest BCUT2D eigenvalue weighted by atomic mass is 10.2. The van der Waals surface area contributed by atoms with Crippen LogP contribution in [0.2, 0.25) is 0 Å². The number of ether oxygens (including phenoxy) is 1. The minimum absolute atomic E-state index is 0.147. The van der Waals surface area contributed by atoms with Gasteiger partial charge < -0.3 is 19.5 Å². The fourth-order valence-corrected chi connectivity index (χ4v) is 3.08. The first kappa shape index (κ1) is 20.1. The Morgan fingerprint density at radius 3 is 2.79 bits per heavy atom. The molecular weight excluding hydrogens is 368 g/mol. The van der Waals surface area contributed by atoms with Gasteiger partial charge in [0.15, 0.2) is 5.96 Å². The summed E-state index contributed by atoms with van der Waals surface area (Å²) in [7, 11) is 0. The van der Waals surface area contributed by atoms with Crippen molar-refractivity contribution in [1.29, 1.82) is 0 Å². The average Bonchev–Trinajstić information content (AvgIpc) is 3.19. The van der Waals surface area contributed by atoms with Gasteiger partial charge in [-0.2, -0.15) is 8.78 Å². The van der Waals surface area contributed by atoms with Crippen LogP contribution in [0.5, 0.6) is 5.75 Å². The first-order chi connectivity index (χ1) is 13.6. The largest absolute Gasteiger partial charge is 0.435 e. The monoisotopic (exact) mass is 393 g/mol. The molecule has 0 atom stereocenters. The van der Waals surface area contributed by atoms with Crippen LogP contribution in [0.3, 0.4) is 0 Å². The third kappa shape index (κ3) is 5.91. The van der Waals surface area contributed by atoms with Crippen molar-refractivity contribution in [3.05, 3.63) is 47.9 Å². The highest BCUT2D eigenvalue weighted by Crippen LogP contribution is 2.17. The summed E-state index contributed by atoms with van der Waals surface area (Å²) < 4.78 is 34.1. The van der Waals surface area contributed by atoms with Gasteiger partial charge in [0, 0.05) is 45.3 Å². The van der Waals surface area contributed by atoms with Crippen molar-refractivity contribution in [2.75, 3.05) is 32.7 Å². The summed E-state index contributed by atoms with van der Waals surface area (Å²) in [6.45, 7) is 4.60. The van der Waals surface area contributed by atoms with E-state index in [2.05, 4.69) is 30.0 Å². The highest BCUT2D eigenvalue weighted by molar-refractivity contribution is 5.80. The Morgan fingerprint density at radius 1 is 1.29 bits per heavy atom. The Labute approximate surface area is 163 Å². The number of benzene rings is 1. The third-order valence-corrected chi connectivity index (χ3v) is 4.42. The predicted octanol–water partition coefficient (Wildman–Crippen LogP) is 2.56. The minimum atomic E-state index is -2.83. The van der Waals surface area contributed by atoms with E-state index in [1.165, 1.54) is 6.07 Å². The standard InChI is InChI=1S/C19H25F2N5O2/c1-2-22-19(23-13-15-4-3-5-17(12-15)28-18(20)21)26-9-7-25(8-10-26)14-16-6-11-27-24-16/h3-6,11-12,18H,2,7-10,13-14H2,1H3,(H,22,23). The molecule has 0 amide bonds. The van der Waals surface area contributed by atoms with Crippen LogP contribution in [0, 0.1) is 0 Å². The van der Waals surface area contributed by atoms with Crippen molar-refractivity contribution >= 4 is 5.96 Å². The number of piperazine rings is 1. The van der Waals surface area contributed by atoms with E-state index in [4.69, 9.17) is 4.52 Å². The molecule has 1 fully saturated rings. The van der Waals surface area contributed by atoms with Crippen molar-refractivity contribution in [3.63, 3.8) is 0 Å². The van der Waals surface area contributed by atoms with Gasteiger partial charge in [-0.1, -0.05) is 17.3 Å². The van der Waals surface area contributed by atoms with Crippen LogP contribution in [0.4, 0.5) is 8.78 Å². The van der Waals surface area contributed by atoms with E-state index in [-0.39, 0.29) is 5.75 Å². The fourth-order valence-electron chi connectivity index (χ4n) is 3.08. The number of guanidine groups is 1. The Hall–Kier alpha value is -2.68. The molecular formula is C19H25F2N5O2. The van der Waals surface area contributed by atoms with E-state index in [1.807, 2.05) is 19.1 Å². The third-order valence-electron chi connectivity index (χ3n) is 4.42. The lowest BCUT2D eigenvalue weighted by molar-refractivity contribution is -0.0498. The van der Waals surface area contributed by atoms with Crippen molar-refractivity contribution in [1.82, 2.24) is 20.3 Å². The van der Waals surface area contributed by atoms with Crippen LogP contribution >= 0.6 is 0 Å². The SMILES string of the molecule is CCNC(=NCc1cccc(OC(F)F)c1)N1CCN(Cc2ccon2)CC1. The van der Waals surface area contributed by atoms with Gasteiger partial charge in [-0.05, 0) is 24.6 Å².